The smallest absolute Gasteiger partial charge is 0.234 e. The standard InChI is InChI=1S/C27H27N5O2S/c1-18-13-14-23(20(3)15-18)28-25(33)16-24-30-31-27(32(24)21-10-5-4-6-11-21)35-17-26(34)29-22-12-8-7-9-19(22)2/h4-15H,16-17H2,1-3H3,(H,28,33)(H,29,34). The summed E-state index contributed by atoms with van der Waals surface area (Å²) in [5, 5.41) is 15.0. The van der Waals surface area contributed by atoms with Crippen molar-refractivity contribution < 1.29 is 9.59 Å². The average molecular weight is 486 g/mol. The number of hydrogen-bond donors (Lipinski definition) is 2. The van der Waals surface area contributed by atoms with Gasteiger partial charge in [-0.05, 0) is 56.2 Å². The van der Waals surface area contributed by atoms with Crippen LogP contribution in [0, 0.1) is 20.8 Å². The van der Waals surface area contributed by atoms with Gasteiger partial charge in [0.1, 0.15) is 5.82 Å². The Morgan fingerprint density at radius 2 is 1.49 bits per heavy atom. The molecule has 0 saturated heterocycles. The fourth-order valence-corrected chi connectivity index (χ4v) is 4.44. The lowest BCUT2D eigenvalue weighted by Gasteiger charge is -2.12. The SMILES string of the molecule is Cc1ccc(NC(=O)Cc2nnc(SCC(=O)Nc3ccccc3C)n2-c2ccccc2)c(C)c1. The molecule has 35 heavy (non-hydrogen) atoms. The third kappa shape index (κ3) is 6.16. The van der Waals surface area contributed by atoms with Crippen LogP contribution in [0.4, 0.5) is 11.4 Å². The fourth-order valence-electron chi connectivity index (χ4n) is 3.67. The van der Waals surface area contributed by atoms with Gasteiger partial charge in [0.15, 0.2) is 5.16 Å². The summed E-state index contributed by atoms with van der Waals surface area (Å²) in [4.78, 5) is 25.4. The van der Waals surface area contributed by atoms with Gasteiger partial charge in [-0.3, -0.25) is 14.2 Å². The van der Waals surface area contributed by atoms with Crippen molar-refractivity contribution in [3.05, 3.63) is 95.3 Å². The van der Waals surface area contributed by atoms with Crippen LogP contribution in [-0.2, 0) is 16.0 Å². The van der Waals surface area contributed by atoms with Gasteiger partial charge in [-0.2, -0.15) is 0 Å². The first kappa shape index (κ1) is 24.2. The number of para-hydroxylation sites is 2. The minimum absolute atomic E-state index is 0.0468. The van der Waals surface area contributed by atoms with Crippen LogP contribution in [0.3, 0.4) is 0 Å². The summed E-state index contributed by atoms with van der Waals surface area (Å²) < 4.78 is 1.83. The van der Waals surface area contributed by atoms with Crippen molar-refractivity contribution in [2.75, 3.05) is 16.4 Å². The first-order valence-electron chi connectivity index (χ1n) is 11.3. The van der Waals surface area contributed by atoms with Crippen LogP contribution >= 0.6 is 11.8 Å². The molecule has 0 radical (unpaired) electrons. The highest BCUT2D eigenvalue weighted by Crippen LogP contribution is 2.24. The molecule has 178 valence electrons. The predicted octanol–water partition coefficient (Wildman–Crippen LogP) is 5.10. The lowest BCUT2D eigenvalue weighted by atomic mass is 10.1. The molecule has 2 N–H and O–H groups in total. The number of amides is 2. The number of rotatable bonds is 8. The summed E-state index contributed by atoms with van der Waals surface area (Å²) in [6.45, 7) is 5.93. The van der Waals surface area contributed by atoms with Crippen LogP contribution in [0.25, 0.3) is 5.69 Å². The molecule has 4 aromatic rings. The predicted molar refractivity (Wildman–Crippen MR) is 140 cm³/mol. The molecular weight excluding hydrogens is 458 g/mol. The van der Waals surface area contributed by atoms with Crippen molar-refractivity contribution in [2.24, 2.45) is 0 Å². The van der Waals surface area contributed by atoms with E-state index < -0.39 is 0 Å². The molecule has 0 aliphatic heterocycles. The second kappa shape index (κ2) is 11.0. The lowest BCUT2D eigenvalue weighted by molar-refractivity contribution is -0.116. The van der Waals surface area contributed by atoms with Crippen molar-refractivity contribution >= 4 is 35.0 Å². The Morgan fingerprint density at radius 3 is 2.23 bits per heavy atom. The van der Waals surface area contributed by atoms with Crippen molar-refractivity contribution in [3.63, 3.8) is 0 Å². The maximum Gasteiger partial charge on any atom is 0.234 e. The Labute approximate surface area is 209 Å². The Balaban J connectivity index is 1.50. The molecule has 0 fully saturated rings. The van der Waals surface area contributed by atoms with E-state index in [0.717, 1.165) is 33.8 Å². The molecule has 1 heterocycles. The summed E-state index contributed by atoms with van der Waals surface area (Å²) in [5.74, 6) is 0.338. The number of carbonyl (C=O) groups excluding carboxylic acids is 2. The maximum absolute atomic E-state index is 12.8. The van der Waals surface area contributed by atoms with Crippen LogP contribution < -0.4 is 10.6 Å². The number of aromatic nitrogens is 3. The normalized spacial score (nSPS) is 10.7. The number of thioether (sulfide) groups is 1. The van der Waals surface area contributed by atoms with E-state index in [2.05, 4.69) is 20.8 Å². The molecule has 1 aromatic heterocycles. The van der Waals surface area contributed by atoms with Gasteiger partial charge in [-0.25, -0.2) is 0 Å². The summed E-state index contributed by atoms with van der Waals surface area (Å²) in [7, 11) is 0. The van der Waals surface area contributed by atoms with Crippen LogP contribution in [0.1, 0.15) is 22.5 Å². The highest BCUT2D eigenvalue weighted by Gasteiger charge is 2.19. The highest BCUT2D eigenvalue weighted by atomic mass is 32.2. The molecule has 0 spiro atoms. The number of aryl methyl sites for hydroxylation is 3. The van der Waals surface area contributed by atoms with E-state index in [4.69, 9.17) is 0 Å². The number of nitrogens with zero attached hydrogens (tertiary/aromatic N) is 3. The van der Waals surface area contributed by atoms with Gasteiger partial charge in [-0.1, -0.05) is 65.9 Å². The van der Waals surface area contributed by atoms with Crippen LogP contribution in [0.5, 0.6) is 0 Å². The molecule has 2 amide bonds. The zero-order valence-corrected chi connectivity index (χ0v) is 20.7. The molecule has 0 saturated carbocycles. The van der Waals surface area contributed by atoms with Gasteiger partial charge in [0.25, 0.3) is 0 Å². The monoisotopic (exact) mass is 485 g/mol. The van der Waals surface area contributed by atoms with Gasteiger partial charge in [0.2, 0.25) is 11.8 Å². The molecule has 4 rings (SSSR count). The summed E-state index contributed by atoms with van der Waals surface area (Å²) >= 11 is 1.28. The zero-order chi connectivity index (χ0) is 24.8. The van der Waals surface area contributed by atoms with Crippen molar-refractivity contribution in [3.8, 4) is 5.69 Å². The van der Waals surface area contributed by atoms with E-state index >= 15 is 0 Å². The molecule has 8 heteroatoms. The fraction of sp³-hybridized carbons (Fsp3) is 0.185. The Bertz CT molecular complexity index is 1350. The van der Waals surface area contributed by atoms with E-state index in [0.29, 0.717) is 11.0 Å². The van der Waals surface area contributed by atoms with Gasteiger partial charge in [0.05, 0.1) is 12.2 Å². The summed E-state index contributed by atoms with van der Waals surface area (Å²) in [6.07, 6.45) is 0.0468. The average Bonchev–Trinajstić information content (AvgIpc) is 3.24. The number of nitrogens with one attached hydrogen (secondary N) is 2. The number of hydrogen-bond acceptors (Lipinski definition) is 5. The van der Waals surface area contributed by atoms with E-state index in [1.165, 1.54) is 11.8 Å². The second-order valence-electron chi connectivity index (χ2n) is 8.26. The highest BCUT2D eigenvalue weighted by molar-refractivity contribution is 7.99. The number of anilines is 2. The quantitative estimate of drug-likeness (QED) is 0.339. The van der Waals surface area contributed by atoms with E-state index in [1.807, 2.05) is 98.1 Å². The third-order valence-corrected chi connectivity index (χ3v) is 6.37. The van der Waals surface area contributed by atoms with E-state index in [-0.39, 0.29) is 24.0 Å². The van der Waals surface area contributed by atoms with E-state index in [1.54, 1.807) is 0 Å². The van der Waals surface area contributed by atoms with Crippen molar-refractivity contribution in [2.45, 2.75) is 32.3 Å². The summed E-state index contributed by atoms with van der Waals surface area (Å²) in [5.41, 5.74) is 5.51. The molecule has 7 nitrogen and oxygen atoms in total. The van der Waals surface area contributed by atoms with Gasteiger partial charge in [0, 0.05) is 17.1 Å². The van der Waals surface area contributed by atoms with Gasteiger partial charge in [-0.15, -0.1) is 10.2 Å². The topological polar surface area (TPSA) is 88.9 Å². The minimum atomic E-state index is -0.185. The molecule has 0 unspecified atom stereocenters. The first-order chi connectivity index (χ1) is 16.9. The molecule has 0 aliphatic rings. The molecule has 0 bridgehead atoms. The maximum atomic E-state index is 12.8. The number of carbonyl (C=O) groups is 2. The molecule has 0 aliphatic carbocycles. The summed E-state index contributed by atoms with van der Waals surface area (Å²) in [6, 6.07) is 23.1. The molecule has 0 atom stereocenters. The minimum Gasteiger partial charge on any atom is -0.325 e. The van der Waals surface area contributed by atoms with Gasteiger partial charge < -0.3 is 10.6 Å². The van der Waals surface area contributed by atoms with Crippen LogP contribution in [-0.4, -0.2) is 32.3 Å². The Hall–Kier alpha value is -3.91. The second-order valence-corrected chi connectivity index (χ2v) is 9.21. The zero-order valence-electron chi connectivity index (χ0n) is 19.9. The molecule has 3 aromatic carbocycles. The largest absolute Gasteiger partial charge is 0.325 e. The van der Waals surface area contributed by atoms with Crippen LogP contribution in [0.15, 0.2) is 78.0 Å². The third-order valence-electron chi connectivity index (χ3n) is 5.44. The van der Waals surface area contributed by atoms with Crippen LogP contribution in [0.2, 0.25) is 0 Å². The molecular formula is C27H27N5O2S. The van der Waals surface area contributed by atoms with Crippen molar-refractivity contribution in [1.82, 2.24) is 14.8 Å². The van der Waals surface area contributed by atoms with E-state index in [9.17, 15) is 9.59 Å². The Kier molecular flexibility index (Phi) is 7.62. The Morgan fingerprint density at radius 1 is 0.800 bits per heavy atom. The first-order valence-corrected chi connectivity index (χ1v) is 12.2. The lowest BCUT2D eigenvalue weighted by Crippen LogP contribution is -2.18. The van der Waals surface area contributed by atoms with Gasteiger partial charge >= 0.3 is 0 Å². The van der Waals surface area contributed by atoms with Crippen molar-refractivity contribution in [1.29, 1.82) is 0 Å². The number of benzene rings is 3.